The van der Waals surface area contributed by atoms with Gasteiger partial charge >= 0.3 is 12.1 Å². The van der Waals surface area contributed by atoms with Crippen molar-refractivity contribution in [1.82, 2.24) is 20.1 Å². The van der Waals surface area contributed by atoms with Gasteiger partial charge in [0.15, 0.2) is 5.69 Å². The molecule has 9 heteroatoms. The van der Waals surface area contributed by atoms with E-state index < -0.39 is 17.7 Å². The Labute approximate surface area is 157 Å². The highest BCUT2D eigenvalue weighted by Gasteiger charge is 2.16. The second-order valence-electron chi connectivity index (χ2n) is 6.69. The number of esters is 1. The molecule has 0 saturated carbocycles. The number of alkyl carbamates (subject to hydrolysis) is 1. The topological polar surface area (TPSA) is 105 Å². The van der Waals surface area contributed by atoms with Crippen molar-refractivity contribution in [3.8, 4) is 17.0 Å². The van der Waals surface area contributed by atoms with Crippen molar-refractivity contribution in [2.75, 3.05) is 20.8 Å². The number of hydrogen-bond donors (Lipinski definition) is 1. The maximum atomic E-state index is 11.8. The third-order valence-corrected chi connectivity index (χ3v) is 3.37. The first kappa shape index (κ1) is 20.2. The second-order valence-corrected chi connectivity index (χ2v) is 6.69. The molecule has 2 heterocycles. The third-order valence-electron chi connectivity index (χ3n) is 3.37. The Bertz CT molecular complexity index is 810. The number of carbonyl (C=O) groups is 2. The second kappa shape index (κ2) is 8.52. The number of aromatic nitrogens is 3. The highest BCUT2D eigenvalue weighted by molar-refractivity contribution is 5.88. The summed E-state index contributed by atoms with van der Waals surface area (Å²) in [7, 11) is 2.80. The van der Waals surface area contributed by atoms with Crippen molar-refractivity contribution in [2.24, 2.45) is 0 Å². The molecule has 0 aliphatic heterocycles. The standard InChI is InChI=1S/C18H24N4O5/c1-18(2,3)27-17(24)19-6-7-22-11-12(10-20-22)14-8-13(25-4)9-15(21-14)16(23)26-5/h8-11H,6-7H2,1-5H3,(H,19,24). The van der Waals surface area contributed by atoms with Gasteiger partial charge in [0.25, 0.3) is 0 Å². The summed E-state index contributed by atoms with van der Waals surface area (Å²) < 4.78 is 16.8. The van der Waals surface area contributed by atoms with Crippen molar-refractivity contribution in [1.29, 1.82) is 0 Å². The van der Waals surface area contributed by atoms with E-state index in [0.29, 0.717) is 30.1 Å². The highest BCUT2D eigenvalue weighted by atomic mass is 16.6. The quantitative estimate of drug-likeness (QED) is 0.771. The molecular formula is C18H24N4O5. The lowest BCUT2D eigenvalue weighted by molar-refractivity contribution is 0.0524. The van der Waals surface area contributed by atoms with E-state index in [-0.39, 0.29) is 5.69 Å². The van der Waals surface area contributed by atoms with Gasteiger partial charge in [-0.2, -0.15) is 5.10 Å². The Hall–Kier alpha value is -3.10. The van der Waals surface area contributed by atoms with Crippen molar-refractivity contribution >= 4 is 12.1 Å². The number of nitrogens with one attached hydrogen (secondary N) is 1. The predicted molar refractivity (Wildman–Crippen MR) is 97.6 cm³/mol. The summed E-state index contributed by atoms with van der Waals surface area (Å²) >= 11 is 0. The minimum atomic E-state index is -0.552. The zero-order valence-corrected chi connectivity index (χ0v) is 16.1. The van der Waals surface area contributed by atoms with E-state index in [4.69, 9.17) is 14.2 Å². The molecule has 0 atom stereocenters. The van der Waals surface area contributed by atoms with Gasteiger partial charge in [0.1, 0.15) is 11.4 Å². The normalized spacial score (nSPS) is 11.0. The molecule has 0 bridgehead atoms. The summed E-state index contributed by atoms with van der Waals surface area (Å²) in [5, 5.41) is 6.91. The van der Waals surface area contributed by atoms with Gasteiger partial charge in [0.2, 0.25) is 0 Å². The molecule has 9 nitrogen and oxygen atoms in total. The summed E-state index contributed by atoms with van der Waals surface area (Å²) in [5.41, 5.74) is 0.835. The Morgan fingerprint density at radius 2 is 1.96 bits per heavy atom. The van der Waals surface area contributed by atoms with Crippen LogP contribution >= 0.6 is 0 Å². The number of amides is 1. The number of ether oxygens (including phenoxy) is 3. The van der Waals surface area contributed by atoms with Crippen LogP contribution in [0.2, 0.25) is 0 Å². The van der Waals surface area contributed by atoms with Crippen LogP contribution in [-0.2, 0) is 16.0 Å². The number of rotatable bonds is 6. The van der Waals surface area contributed by atoms with Crippen LogP contribution in [0.1, 0.15) is 31.3 Å². The van der Waals surface area contributed by atoms with Crippen LogP contribution < -0.4 is 10.1 Å². The van der Waals surface area contributed by atoms with Crippen molar-refractivity contribution < 1.29 is 23.8 Å². The molecule has 0 aliphatic rings. The summed E-state index contributed by atoms with van der Waals surface area (Å²) in [6, 6.07) is 3.21. The van der Waals surface area contributed by atoms with Crippen LogP contribution in [0.25, 0.3) is 11.3 Å². The van der Waals surface area contributed by atoms with E-state index in [1.165, 1.54) is 20.3 Å². The first-order valence-electron chi connectivity index (χ1n) is 8.36. The van der Waals surface area contributed by atoms with Crippen LogP contribution in [0.5, 0.6) is 5.75 Å². The minimum Gasteiger partial charge on any atom is -0.497 e. The molecule has 146 valence electrons. The van der Waals surface area contributed by atoms with Gasteiger partial charge in [0.05, 0.1) is 32.7 Å². The summed E-state index contributed by atoms with van der Waals surface area (Å²) in [4.78, 5) is 27.7. The Balaban J connectivity index is 2.05. The minimum absolute atomic E-state index is 0.145. The predicted octanol–water partition coefficient (Wildman–Crippen LogP) is 2.26. The molecule has 2 aromatic heterocycles. The van der Waals surface area contributed by atoms with E-state index >= 15 is 0 Å². The number of carbonyl (C=O) groups excluding carboxylic acids is 2. The van der Waals surface area contributed by atoms with Crippen molar-refractivity contribution in [3.05, 3.63) is 30.2 Å². The monoisotopic (exact) mass is 376 g/mol. The van der Waals surface area contributed by atoms with Crippen LogP contribution in [0, 0.1) is 0 Å². The average Bonchev–Trinajstić information content (AvgIpc) is 3.08. The van der Waals surface area contributed by atoms with Gasteiger partial charge in [0, 0.05) is 30.4 Å². The molecular weight excluding hydrogens is 352 g/mol. The van der Waals surface area contributed by atoms with Crippen LogP contribution in [0.4, 0.5) is 4.79 Å². The van der Waals surface area contributed by atoms with E-state index in [1.54, 1.807) is 43.9 Å². The van der Waals surface area contributed by atoms with Crippen LogP contribution in [-0.4, -0.2) is 53.2 Å². The van der Waals surface area contributed by atoms with E-state index in [9.17, 15) is 9.59 Å². The first-order chi connectivity index (χ1) is 12.7. The smallest absolute Gasteiger partial charge is 0.407 e. The molecule has 1 N–H and O–H groups in total. The molecule has 0 saturated heterocycles. The van der Waals surface area contributed by atoms with Crippen molar-refractivity contribution in [2.45, 2.75) is 32.9 Å². The summed E-state index contributed by atoms with van der Waals surface area (Å²) in [6.07, 6.45) is 2.91. The maximum absolute atomic E-state index is 11.8. The molecule has 0 radical (unpaired) electrons. The van der Waals surface area contributed by atoms with Crippen LogP contribution in [0.15, 0.2) is 24.5 Å². The lowest BCUT2D eigenvalue weighted by Gasteiger charge is -2.19. The zero-order chi connectivity index (χ0) is 20.0. The van der Waals surface area contributed by atoms with Gasteiger partial charge in [-0.25, -0.2) is 14.6 Å². The summed E-state index contributed by atoms with van der Waals surface area (Å²) in [5.74, 6) is -0.0659. The average molecular weight is 376 g/mol. The first-order valence-corrected chi connectivity index (χ1v) is 8.36. The molecule has 0 aromatic carbocycles. The fraction of sp³-hybridized carbons (Fsp3) is 0.444. The highest BCUT2D eigenvalue weighted by Crippen LogP contribution is 2.23. The molecule has 27 heavy (non-hydrogen) atoms. The van der Waals surface area contributed by atoms with Crippen molar-refractivity contribution in [3.63, 3.8) is 0 Å². The van der Waals surface area contributed by atoms with Gasteiger partial charge in [-0.15, -0.1) is 0 Å². The third kappa shape index (κ3) is 5.98. The largest absolute Gasteiger partial charge is 0.497 e. The number of pyridine rings is 1. The van der Waals surface area contributed by atoms with Gasteiger partial charge in [-0.05, 0) is 20.8 Å². The molecule has 2 aromatic rings. The molecule has 0 aliphatic carbocycles. The summed E-state index contributed by atoms with van der Waals surface area (Å²) in [6.45, 7) is 6.21. The van der Waals surface area contributed by atoms with Gasteiger partial charge in [-0.1, -0.05) is 0 Å². The van der Waals surface area contributed by atoms with Crippen LogP contribution in [0.3, 0.4) is 0 Å². The van der Waals surface area contributed by atoms with E-state index in [1.807, 2.05) is 0 Å². The number of hydrogen-bond acceptors (Lipinski definition) is 7. The Morgan fingerprint density at radius 1 is 1.22 bits per heavy atom. The number of methoxy groups -OCH3 is 2. The van der Waals surface area contributed by atoms with E-state index in [2.05, 4.69) is 15.4 Å². The molecule has 0 unspecified atom stereocenters. The maximum Gasteiger partial charge on any atom is 0.407 e. The van der Waals surface area contributed by atoms with E-state index in [0.717, 1.165) is 0 Å². The SMILES string of the molecule is COC(=O)c1cc(OC)cc(-c2cnn(CCNC(=O)OC(C)(C)C)c2)n1. The number of nitrogens with zero attached hydrogens (tertiary/aromatic N) is 3. The molecule has 0 spiro atoms. The fourth-order valence-electron chi connectivity index (χ4n) is 2.19. The van der Waals surface area contributed by atoms with Gasteiger partial charge < -0.3 is 19.5 Å². The molecule has 1 amide bonds. The molecule has 0 fully saturated rings. The Kier molecular flexibility index (Phi) is 6.38. The zero-order valence-electron chi connectivity index (χ0n) is 16.1. The fourth-order valence-corrected chi connectivity index (χ4v) is 2.19. The molecule has 2 rings (SSSR count). The lowest BCUT2D eigenvalue weighted by atomic mass is 10.2. The lowest BCUT2D eigenvalue weighted by Crippen LogP contribution is -2.34. The Morgan fingerprint density at radius 3 is 2.59 bits per heavy atom. The van der Waals surface area contributed by atoms with Gasteiger partial charge in [-0.3, -0.25) is 4.68 Å².